The lowest BCUT2D eigenvalue weighted by Gasteiger charge is -2.28. The summed E-state index contributed by atoms with van der Waals surface area (Å²) in [4.78, 5) is 2.41. The highest BCUT2D eigenvalue weighted by Gasteiger charge is 2.20. The first-order chi connectivity index (χ1) is 27.8. The lowest BCUT2D eigenvalue weighted by atomic mass is 9.93. The smallest absolute Gasteiger partial charge is 0.0540 e. The Morgan fingerprint density at radius 3 is 1.61 bits per heavy atom. The monoisotopic (exact) mass is 729 g/mol. The van der Waals surface area contributed by atoms with Gasteiger partial charge in [0, 0.05) is 42.7 Å². The topological polar surface area (TPSA) is 3.24 Å². The third-order valence-electron chi connectivity index (χ3n) is 11.2. The van der Waals surface area contributed by atoms with Crippen molar-refractivity contribution in [3.8, 4) is 33.4 Å². The van der Waals surface area contributed by atoms with Crippen molar-refractivity contribution in [1.82, 2.24) is 0 Å². The van der Waals surface area contributed by atoms with Gasteiger partial charge in [0.1, 0.15) is 0 Å². The molecule has 0 bridgehead atoms. The standard InChI is InChI=1S/C54H35NS/c1-2-14-36(15-3-1)44-19-10-12-24-51(44)55(41-30-26-37(27-31-41)49-34-39-16-4-6-18-43(39)46-21-8-9-22-47(46)49)42-32-28-38(29-33-42)53-45-20-7-5-17-40(45)35-50-48-23-11-13-25-52(48)56-54(50)53/h1-35H. The molecule has 0 atom stereocenters. The Bertz CT molecular complexity index is 3230. The Balaban J connectivity index is 1.07. The molecule has 0 unspecified atom stereocenters. The molecule has 0 saturated carbocycles. The zero-order valence-electron chi connectivity index (χ0n) is 30.6. The fourth-order valence-electron chi connectivity index (χ4n) is 8.63. The predicted octanol–water partition coefficient (Wildman–Crippen LogP) is 16.0. The van der Waals surface area contributed by atoms with Crippen LogP contribution in [0.5, 0.6) is 0 Å². The zero-order chi connectivity index (χ0) is 37.0. The Labute approximate surface area is 330 Å². The van der Waals surface area contributed by atoms with E-state index in [1.54, 1.807) is 0 Å². The second kappa shape index (κ2) is 13.4. The highest BCUT2D eigenvalue weighted by molar-refractivity contribution is 7.26. The summed E-state index contributed by atoms with van der Waals surface area (Å²) in [6.07, 6.45) is 0. The number of hydrogen-bond donors (Lipinski definition) is 0. The van der Waals surface area contributed by atoms with Crippen molar-refractivity contribution in [2.24, 2.45) is 0 Å². The maximum atomic E-state index is 2.41. The van der Waals surface area contributed by atoms with Crippen LogP contribution < -0.4 is 4.90 Å². The van der Waals surface area contributed by atoms with Crippen LogP contribution in [0, 0.1) is 0 Å². The molecule has 0 aliphatic carbocycles. The van der Waals surface area contributed by atoms with Gasteiger partial charge in [0.05, 0.1) is 5.69 Å². The molecule has 2 heteroatoms. The van der Waals surface area contributed by atoms with E-state index >= 15 is 0 Å². The summed E-state index contributed by atoms with van der Waals surface area (Å²) in [6.45, 7) is 0. The first-order valence-corrected chi connectivity index (χ1v) is 20.0. The van der Waals surface area contributed by atoms with Crippen molar-refractivity contribution in [2.75, 3.05) is 4.90 Å². The van der Waals surface area contributed by atoms with Gasteiger partial charge in [-0.3, -0.25) is 0 Å². The minimum atomic E-state index is 1.10. The molecular formula is C54H35NS. The molecule has 0 amide bonds. The van der Waals surface area contributed by atoms with Crippen LogP contribution in [0.3, 0.4) is 0 Å². The summed E-state index contributed by atoms with van der Waals surface area (Å²) in [5.41, 5.74) is 10.7. The van der Waals surface area contributed by atoms with Crippen molar-refractivity contribution in [1.29, 1.82) is 0 Å². The average molecular weight is 730 g/mol. The van der Waals surface area contributed by atoms with Crippen LogP contribution >= 0.6 is 11.3 Å². The van der Waals surface area contributed by atoms with E-state index in [0.717, 1.165) is 17.1 Å². The molecule has 0 N–H and O–H groups in total. The maximum absolute atomic E-state index is 2.41. The normalized spacial score (nSPS) is 11.6. The number of nitrogens with zero attached hydrogens (tertiary/aromatic N) is 1. The van der Waals surface area contributed by atoms with Crippen molar-refractivity contribution in [3.63, 3.8) is 0 Å². The lowest BCUT2D eigenvalue weighted by molar-refractivity contribution is 1.28. The third-order valence-corrected chi connectivity index (χ3v) is 12.4. The number of hydrogen-bond acceptors (Lipinski definition) is 2. The largest absolute Gasteiger partial charge is 0.310 e. The molecule has 10 aromatic carbocycles. The van der Waals surface area contributed by atoms with Gasteiger partial charge in [-0.05, 0) is 103 Å². The molecule has 0 radical (unpaired) electrons. The van der Waals surface area contributed by atoms with Crippen LogP contribution in [-0.2, 0) is 0 Å². The van der Waals surface area contributed by atoms with Gasteiger partial charge in [0.15, 0.2) is 0 Å². The number of fused-ring (bicyclic) bond motifs is 7. The van der Waals surface area contributed by atoms with Crippen LogP contribution in [0.1, 0.15) is 0 Å². The molecule has 0 saturated heterocycles. The van der Waals surface area contributed by atoms with Crippen molar-refractivity contribution < 1.29 is 0 Å². The highest BCUT2D eigenvalue weighted by atomic mass is 32.1. The third kappa shape index (κ3) is 5.38. The van der Waals surface area contributed by atoms with Crippen LogP contribution in [0.25, 0.3) is 85.9 Å². The van der Waals surface area contributed by atoms with Gasteiger partial charge in [-0.15, -0.1) is 11.3 Å². The van der Waals surface area contributed by atoms with Crippen LogP contribution in [0.15, 0.2) is 212 Å². The number of anilines is 3. The first kappa shape index (κ1) is 32.4. The Kier molecular flexibility index (Phi) is 7.75. The predicted molar refractivity (Wildman–Crippen MR) is 243 cm³/mol. The summed E-state index contributed by atoms with van der Waals surface area (Å²) in [7, 11) is 0. The minimum Gasteiger partial charge on any atom is -0.310 e. The van der Waals surface area contributed by atoms with E-state index in [2.05, 4.69) is 217 Å². The van der Waals surface area contributed by atoms with E-state index in [1.165, 1.54) is 85.9 Å². The van der Waals surface area contributed by atoms with E-state index in [9.17, 15) is 0 Å². The van der Waals surface area contributed by atoms with Gasteiger partial charge in [-0.1, -0.05) is 164 Å². The first-order valence-electron chi connectivity index (χ1n) is 19.2. The van der Waals surface area contributed by atoms with E-state index in [-0.39, 0.29) is 0 Å². The quantitative estimate of drug-likeness (QED) is 0.154. The highest BCUT2D eigenvalue weighted by Crippen LogP contribution is 2.46. The Morgan fingerprint density at radius 2 is 0.857 bits per heavy atom. The molecule has 11 aromatic rings. The molecular weight excluding hydrogens is 695 g/mol. The van der Waals surface area contributed by atoms with Gasteiger partial charge in [0.2, 0.25) is 0 Å². The number of benzene rings is 10. The molecule has 1 nitrogen and oxygen atoms in total. The fraction of sp³-hybridized carbons (Fsp3) is 0. The summed E-state index contributed by atoms with van der Waals surface area (Å²) >= 11 is 1.89. The summed E-state index contributed by atoms with van der Waals surface area (Å²) in [5, 5.41) is 10.3. The summed E-state index contributed by atoms with van der Waals surface area (Å²) < 4.78 is 2.65. The average Bonchev–Trinajstić information content (AvgIpc) is 3.64. The molecule has 56 heavy (non-hydrogen) atoms. The SMILES string of the molecule is c1ccc(-c2ccccc2N(c2ccc(-c3cc4ccccc4c4ccccc34)cc2)c2ccc(-c3c4ccccc4cc4c3sc3ccccc34)cc2)cc1. The number of para-hydroxylation sites is 1. The van der Waals surface area contributed by atoms with Crippen molar-refractivity contribution >= 4 is 80.9 Å². The molecule has 0 fully saturated rings. The van der Waals surface area contributed by atoms with Crippen LogP contribution in [-0.4, -0.2) is 0 Å². The zero-order valence-corrected chi connectivity index (χ0v) is 31.4. The lowest BCUT2D eigenvalue weighted by Crippen LogP contribution is -2.11. The molecule has 0 spiro atoms. The molecule has 1 heterocycles. The molecule has 11 rings (SSSR count). The van der Waals surface area contributed by atoms with Crippen LogP contribution in [0.2, 0.25) is 0 Å². The fourth-order valence-corrected chi connectivity index (χ4v) is 9.89. The van der Waals surface area contributed by atoms with Gasteiger partial charge in [-0.25, -0.2) is 0 Å². The van der Waals surface area contributed by atoms with Gasteiger partial charge < -0.3 is 4.90 Å². The maximum Gasteiger partial charge on any atom is 0.0540 e. The summed E-state index contributed by atoms with van der Waals surface area (Å²) in [6, 6.07) is 77.6. The second-order valence-electron chi connectivity index (χ2n) is 14.5. The van der Waals surface area contributed by atoms with Gasteiger partial charge in [-0.2, -0.15) is 0 Å². The van der Waals surface area contributed by atoms with E-state index in [0.29, 0.717) is 0 Å². The van der Waals surface area contributed by atoms with Crippen molar-refractivity contribution in [3.05, 3.63) is 212 Å². The van der Waals surface area contributed by atoms with Gasteiger partial charge in [0.25, 0.3) is 0 Å². The molecule has 0 aliphatic heterocycles. The second-order valence-corrected chi connectivity index (χ2v) is 15.5. The molecule has 0 aliphatic rings. The van der Waals surface area contributed by atoms with E-state index in [1.807, 2.05) is 11.3 Å². The van der Waals surface area contributed by atoms with Gasteiger partial charge >= 0.3 is 0 Å². The molecule has 262 valence electrons. The summed E-state index contributed by atoms with van der Waals surface area (Å²) in [5.74, 6) is 0. The Hall–Kier alpha value is -7.00. The number of thiophene rings is 1. The van der Waals surface area contributed by atoms with Crippen molar-refractivity contribution in [2.45, 2.75) is 0 Å². The van der Waals surface area contributed by atoms with E-state index < -0.39 is 0 Å². The molecule has 1 aromatic heterocycles. The van der Waals surface area contributed by atoms with Crippen LogP contribution in [0.4, 0.5) is 17.1 Å². The minimum absolute atomic E-state index is 1.10. The number of rotatable bonds is 6. The Morgan fingerprint density at radius 1 is 0.321 bits per heavy atom. The van der Waals surface area contributed by atoms with E-state index in [4.69, 9.17) is 0 Å².